The molecule has 0 aliphatic carbocycles. The molecular weight excluding hydrogens is 368 g/mol. The van der Waals surface area contributed by atoms with Crippen LogP contribution in [0.1, 0.15) is 55.9 Å². The van der Waals surface area contributed by atoms with Crippen molar-refractivity contribution in [3.63, 3.8) is 0 Å². The predicted molar refractivity (Wildman–Crippen MR) is 123 cm³/mol. The van der Waals surface area contributed by atoms with Gasteiger partial charge >= 0.3 is 0 Å². The summed E-state index contributed by atoms with van der Waals surface area (Å²) in [5.74, 6) is 0.982. The molecule has 2 aromatic carbocycles. The number of ether oxygens (including phenoxy) is 1. The van der Waals surface area contributed by atoms with E-state index in [1.54, 1.807) is 7.11 Å². The molecule has 0 aliphatic rings. The highest BCUT2D eigenvalue weighted by Crippen LogP contribution is 2.48. The van der Waals surface area contributed by atoms with E-state index in [1.807, 2.05) is 22.7 Å². The number of aryl methyl sites for hydroxylation is 2. The van der Waals surface area contributed by atoms with E-state index >= 15 is 0 Å². The fourth-order valence-corrected chi connectivity index (χ4v) is 6.72. The van der Waals surface area contributed by atoms with Crippen LogP contribution in [0.15, 0.2) is 24.3 Å². The monoisotopic (exact) mass is 396 g/mol. The van der Waals surface area contributed by atoms with Crippen molar-refractivity contribution in [2.75, 3.05) is 7.11 Å². The zero-order valence-corrected chi connectivity index (χ0v) is 18.8. The molecule has 0 saturated heterocycles. The molecule has 0 unspecified atom stereocenters. The summed E-state index contributed by atoms with van der Waals surface area (Å²) in [4.78, 5) is 2.98. The zero-order chi connectivity index (χ0) is 19.3. The normalized spacial score (nSPS) is 12.5. The van der Waals surface area contributed by atoms with Crippen molar-refractivity contribution in [1.82, 2.24) is 0 Å². The quantitative estimate of drug-likeness (QED) is 0.330. The second-order valence-corrected chi connectivity index (χ2v) is 9.99. The number of rotatable bonds is 5. The third kappa shape index (κ3) is 2.78. The topological polar surface area (TPSA) is 9.23 Å². The van der Waals surface area contributed by atoms with Crippen molar-refractivity contribution in [3.8, 4) is 5.75 Å². The SMILES string of the molecule is CCc1cc2c3cc(C)c(OC)cc3c3cc(C(C)(CC)CC)sc3c2s1. The van der Waals surface area contributed by atoms with Gasteiger partial charge in [-0.05, 0) is 66.8 Å². The molecule has 0 amide bonds. The molecule has 2 heterocycles. The van der Waals surface area contributed by atoms with Crippen molar-refractivity contribution in [2.45, 2.75) is 59.3 Å². The fraction of sp³-hybridized carbons (Fsp3) is 0.417. The molecule has 0 fully saturated rings. The predicted octanol–water partition coefficient (Wildman–Crippen LogP) is 8.23. The van der Waals surface area contributed by atoms with E-state index in [0.29, 0.717) is 0 Å². The van der Waals surface area contributed by atoms with E-state index < -0.39 is 0 Å². The molecule has 0 saturated carbocycles. The third-order valence-electron chi connectivity index (χ3n) is 6.34. The van der Waals surface area contributed by atoms with Gasteiger partial charge in [-0.2, -0.15) is 0 Å². The Labute approximate surface area is 170 Å². The van der Waals surface area contributed by atoms with E-state index in [0.717, 1.165) is 12.2 Å². The molecule has 142 valence electrons. The van der Waals surface area contributed by atoms with E-state index in [9.17, 15) is 0 Å². The van der Waals surface area contributed by atoms with Crippen molar-refractivity contribution in [2.24, 2.45) is 0 Å². The highest BCUT2D eigenvalue weighted by atomic mass is 32.1. The molecule has 2 aromatic heterocycles. The van der Waals surface area contributed by atoms with Crippen molar-refractivity contribution in [3.05, 3.63) is 39.6 Å². The molecule has 0 radical (unpaired) electrons. The number of fused-ring (bicyclic) bond motifs is 6. The maximum absolute atomic E-state index is 5.66. The van der Waals surface area contributed by atoms with Gasteiger partial charge in [0.25, 0.3) is 0 Å². The van der Waals surface area contributed by atoms with Gasteiger partial charge in [0.2, 0.25) is 0 Å². The number of benzene rings is 2. The van der Waals surface area contributed by atoms with E-state index in [2.05, 4.69) is 58.9 Å². The van der Waals surface area contributed by atoms with Gasteiger partial charge in [-0.15, -0.1) is 22.7 Å². The minimum Gasteiger partial charge on any atom is -0.496 e. The van der Waals surface area contributed by atoms with E-state index in [1.165, 1.54) is 59.1 Å². The van der Waals surface area contributed by atoms with Gasteiger partial charge in [0.1, 0.15) is 5.75 Å². The van der Waals surface area contributed by atoms with Gasteiger partial charge < -0.3 is 4.74 Å². The summed E-state index contributed by atoms with van der Waals surface area (Å²) in [7, 11) is 1.77. The molecule has 0 N–H and O–H groups in total. The van der Waals surface area contributed by atoms with Crippen molar-refractivity contribution < 1.29 is 4.74 Å². The summed E-state index contributed by atoms with van der Waals surface area (Å²) in [6.07, 6.45) is 3.44. The van der Waals surface area contributed by atoms with Crippen LogP contribution in [0.3, 0.4) is 0 Å². The Morgan fingerprint density at radius 3 is 2.11 bits per heavy atom. The molecule has 0 aliphatic heterocycles. The molecule has 27 heavy (non-hydrogen) atoms. The van der Waals surface area contributed by atoms with Crippen LogP contribution in [0.25, 0.3) is 30.9 Å². The van der Waals surface area contributed by atoms with Crippen LogP contribution in [0.4, 0.5) is 0 Å². The zero-order valence-electron chi connectivity index (χ0n) is 17.2. The molecule has 0 spiro atoms. The van der Waals surface area contributed by atoms with Gasteiger partial charge in [0, 0.05) is 25.9 Å². The summed E-state index contributed by atoms with van der Waals surface area (Å²) < 4.78 is 8.58. The average molecular weight is 397 g/mol. The first kappa shape index (κ1) is 18.8. The van der Waals surface area contributed by atoms with Gasteiger partial charge in [0.15, 0.2) is 0 Å². The van der Waals surface area contributed by atoms with Crippen LogP contribution in [0.2, 0.25) is 0 Å². The number of thiophene rings is 2. The van der Waals surface area contributed by atoms with Gasteiger partial charge in [-0.1, -0.05) is 27.7 Å². The maximum atomic E-state index is 5.66. The van der Waals surface area contributed by atoms with Crippen LogP contribution in [-0.4, -0.2) is 7.11 Å². The van der Waals surface area contributed by atoms with Crippen molar-refractivity contribution in [1.29, 1.82) is 0 Å². The van der Waals surface area contributed by atoms with Crippen LogP contribution >= 0.6 is 22.7 Å². The largest absolute Gasteiger partial charge is 0.496 e. The lowest BCUT2D eigenvalue weighted by molar-refractivity contribution is 0.412. The van der Waals surface area contributed by atoms with Crippen LogP contribution in [-0.2, 0) is 11.8 Å². The Hall–Kier alpha value is -1.58. The van der Waals surface area contributed by atoms with Gasteiger partial charge in [-0.3, -0.25) is 0 Å². The lowest BCUT2D eigenvalue weighted by atomic mass is 9.83. The van der Waals surface area contributed by atoms with Crippen molar-refractivity contribution >= 4 is 53.6 Å². The summed E-state index contributed by atoms with van der Waals surface area (Å²) >= 11 is 3.98. The molecule has 3 heteroatoms. The Morgan fingerprint density at radius 1 is 0.852 bits per heavy atom. The summed E-state index contributed by atoms with van der Waals surface area (Å²) in [6, 6.07) is 9.44. The first-order chi connectivity index (χ1) is 13.0. The molecule has 4 aromatic rings. The maximum Gasteiger partial charge on any atom is 0.122 e. The first-order valence-corrected chi connectivity index (χ1v) is 11.6. The lowest BCUT2D eigenvalue weighted by Crippen LogP contribution is -2.17. The van der Waals surface area contributed by atoms with Gasteiger partial charge in [0.05, 0.1) is 16.5 Å². The summed E-state index contributed by atoms with van der Waals surface area (Å²) in [6.45, 7) is 11.4. The minimum atomic E-state index is 0.252. The second-order valence-electron chi connectivity index (χ2n) is 7.80. The second kappa shape index (κ2) is 6.79. The Balaban J connectivity index is 2.19. The minimum absolute atomic E-state index is 0.252. The van der Waals surface area contributed by atoms with Crippen LogP contribution in [0, 0.1) is 6.92 Å². The highest BCUT2D eigenvalue weighted by molar-refractivity contribution is 7.27. The first-order valence-electron chi connectivity index (χ1n) is 9.92. The van der Waals surface area contributed by atoms with Gasteiger partial charge in [-0.25, -0.2) is 0 Å². The summed E-state index contributed by atoms with van der Waals surface area (Å²) in [5, 5.41) is 5.50. The fourth-order valence-electron chi connectivity index (χ4n) is 3.99. The number of hydrogen-bond donors (Lipinski definition) is 0. The lowest BCUT2D eigenvalue weighted by Gasteiger charge is -2.24. The molecule has 0 bridgehead atoms. The molecular formula is C24H28OS2. The smallest absolute Gasteiger partial charge is 0.122 e. The Morgan fingerprint density at radius 2 is 1.48 bits per heavy atom. The molecule has 1 nitrogen and oxygen atoms in total. The Bertz CT molecular complexity index is 1140. The number of hydrogen-bond acceptors (Lipinski definition) is 3. The standard InChI is InChI=1S/C24H28OS2/c1-7-15-11-18-16-10-14(4)20(25-6)12-17(16)19-13-21(24(5,8-2)9-3)27-23(19)22(18)26-15/h10-13H,7-9H2,1-6H3. The van der Waals surface area contributed by atoms with E-state index in [-0.39, 0.29) is 5.41 Å². The van der Waals surface area contributed by atoms with Crippen LogP contribution in [0.5, 0.6) is 5.75 Å². The third-order valence-corrected chi connectivity index (χ3v) is 9.23. The molecule has 4 rings (SSSR count). The van der Waals surface area contributed by atoms with E-state index in [4.69, 9.17) is 4.74 Å². The van der Waals surface area contributed by atoms with Crippen LogP contribution < -0.4 is 4.74 Å². The number of methoxy groups -OCH3 is 1. The Kier molecular flexibility index (Phi) is 4.72. The highest BCUT2D eigenvalue weighted by Gasteiger charge is 2.26. The molecule has 0 atom stereocenters. The average Bonchev–Trinajstić information content (AvgIpc) is 3.31. The summed E-state index contributed by atoms with van der Waals surface area (Å²) in [5.41, 5.74) is 1.46.